The van der Waals surface area contributed by atoms with Crippen LogP contribution in [0.3, 0.4) is 0 Å². The van der Waals surface area contributed by atoms with Crippen LogP contribution in [0.1, 0.15) is 37.1 Å². The summed E-state index contributed by atoms with van der Waals surface area (Å²) in [4.78, 5) is 0. The molecule has 2 rings (SSSR count). The van der Waals surface area contributed by atoms with Gasteiger partial charge < -0.3 is 10.1 Å². The van der Waals surface area contributed by atoms with E-state index in [2.05, 4.69) is 49.2 Å². The molecule has 0 spiro atoms. The third kappa shape index (κ3) is 5.25. The van der Waals surface area contributed by atoms with E-state index >= 15 is 0 Å². The van der Waals surface area contributed by atoms with Crippen molar-refractivity contribution in [2.75, 3.05) is 0 Å². The van der Waals surface area contributed by atoms with Crippen molar-refractivity contribution in [2.24, 2.45) is 0 Å². The Morgan fingerprint density at radius 2 is 2.04 bits per heavy atom. The number of nitrogens with one attached hydrogen (secondary N) is 1. The highest BCUT2D eigenvalue weighted by Gasteiger charge is 2.04. The topological polar surface area (TPSA) is 39.1 Å². The molecule has 0 aliphatic rings. The Morgan fingerprint density at radius 3 is 2.70 bits per heavy atom. The number of rotatable bonds is 9. The molecule has 0 bridgehead atoms. The summed E-state index contributed by atoms with van der Waals surface area (Å²) < 4.78 is 7.71. The zero-order chi connectivity index (χ0) is 16.7. The number of allylic oxidation sites excluding steroid dienone is 1. The van der Waals surface area contributed by atoms with Crippen molar-refractivity contribution in [2.45, 2.75) is 52.9 Å². The zero-order valence-electron chi connectivity index (χ0n) is 14.4. The van der Waals surface area contributed by atoms with E-state index < -0.39 is 0 Å². The second-order valence-electron chi connectivity index (χ2n) is 5.83. The van der Waals surface area contributed by atoms with Gasteiger partial charge in [0.15, 0.2) is 0 Å². The van der Waals surface area contributed by atoms with Crippen LogP contribution in [0.2, 0.25) is 0 Å². The molecule has 1 heterocycles. The molecule has 4 nitrogen and oxygen atoms in total. The third-order valence-corrected chi connectivity index (χ3v) is 3.84. The predicted molar refractivity (Wildman–Crippen MR) is 94.5 cm³/mol. The van der Waals surface area contributed by atoms with Gasteiger partial charge in [0.05, 0.1) is 18.3 Å². The minimum Gasteiger partial charge on any atom is -0.491 e. The Labute approximate surface area is 139 Å². The number of nitrogens with zero attached hydrogens (tertiary/aromatic N) is 2. The van der Waals surface area contributed by atoms with Crippen LogP contribution in [0, 0.1) is 6.92 Å². The quantitative estimate of drug-likeness (QED) is 0.715. The van der Waals surface area contributed by atoms with E-state index in [0.29, 0.717) is 0 Å². The molecule has 0 saturated heterocycles. The second-order valence-corrected chi connectivity index (χ2v) is 5.83. The highest BCUT2D eigenvalue weighted by atomic mass is 16.5. The zero-order valence-corrected chi connectivity index (χ0v) is 14.4. The van der Waals surface area contributed by atoms with Crippen molar-refractivity contribution in [3.63, 3.8) is 0 Å². The molecule has 1 N–H and O–H groups in total. The fourth-order valence-corrected chi connectivity index (χ4v) is 2.30. The van der Waals surface area contributed by atoms with Gasteiger partial charge in [-0.25, -0.2) is 0 Å². The first-order valence-corrected chi connectivity index (χ1v) is 8.22. The van der Waals surface area contributed by atoms with Gasteiger partial charge in [-0.15, -0.1) is 6.58 Å². The molecule has 0 saturated carbocycles. The molecule has 23 heavy (non-hydrogen) atoms. The summed E-state index contributed by atoms with van der Waals surface area (Å²) >= 11 is 0. The monoisotopic (exact) mass is 313 g/mol. The molecule has 0 fully saturated rings. The molecule has 0 radical (unpaired) electrons. The van der Waals surface area contributed by atoms with E-state index in [1.54, 1.807) is 0 Å². The van der Waals surface area contributed by atoms with E-state index in [4.69, 9.17) is 4.74 Å². The van der Waals surface area contributed by atoms with Crippen molar-refractivity contribution < 1.29 is 4.74 Å². The van der Waals surface area contributed by atoms with E-state index in [1.165, 1.54) is 11.1 Å². The van der Waals surface area contributed by atoms with Crippen LogP contribution in [0.15, 0.2) is 43.1 Å². The van der Waals surface area contributed by atoms with E-state index in [1.807, 2.05) is 29.8 Å². The molecule has 124 valence electrons. The fraction of sp³-hybridized carbons (Fsp3) is 0.421. The van der Waals surface area contributed by atoms with Crippen LogP contribution in [0.25, 0.3) is 0 Å². The van der Waals surface area contributed by atoms with Gasteiger partial charge >= 0.3 is 0 Å². The Morgan fingerprint density at radius 1 is 1.30 bits per heavy atom. The molecule has 0 amide bonds. The van der Waals surface area contributed by atoms with Crippen LogP contribution in [-0.2, 0) is 19.6 Å². The van der Waals surface area contributed by atoms with Gasteiger partial charge in [0.2, 0.25) is 0 Å². The number of aromatic nitrogens is 2. The average molecular weight is 313 g/mol. The molecular formula is C19H27N3O. The number of hydrogen-bond donors (Lipinski definition) is 1. The summed E-state index contributed by atoms with van der Waals surface area (Å²) in [6, 6.07) is 8.30. The summed E-state index contributed by atoms with van der Waals surface area (Å²) in [5.74, 6) is 0.935. The lowest BCUT2D eigenvalue weighted by atomic mass is 10.2. The Balaban J connectivity index is 1.83. The van der Waals surface area contributed by atoms with E-state index in [0.717, 1.165) is 37.5 Å². The van der Waals surface area contributed by atoms with Gasteiger partial charge in [-0.3, -0.25) is 4.68 Å². The second kappa shape index (κ2) is 8.53. The maximum atomic E-state index is 5.79. The Hall–Kier alpha value is -2.07. The number of hydrogen-bond acceptors (Lipinski definition) is 3. The maximum absolute atomic E-state index is 5.79. The van der Waals surface area contributed by atoms with Crippen molar-refractivity contribution in [1.29, 1.82) is 0 Å². The van der Waals surface area contributed by atoms with Gasteiger partial charge in [-0.1, -0.05) is 25.1 Å². The van der Waals surface area contributed by atoms with Gasteiger partial charge in [0.1, 0.15) is 5.75 Å². The van der Waals surface area contributed by atoms with Crippen LogP contribution in [0.5, 0.6) is 5.75 Å². The lowest BCUT2D eigenvalue weighted by molar-refractivity contribution is 0.217. The largest absolute Gasteiger partial charge is 0.491 e. The average Bonchev–Trinajstić information content (AvgIpc) is 2.89. The summed E-state index contributed by atoms with van der Waals surface area (Å²) in [5, 5.41) is 7.93. The number of aryl methyl sites for hydroxylation is 1. The summed E-state index contributed by atoms with van der Waals surface area (Å²) in [7, 11) is 0. The smallest absolute Gasteiger partial charge is 0.119 e. The molecule has 0 aliphatic heterocycles. The Kier molecular flexibility index (Phi) is 6.41. The standard InChI is InChI=1S/C19H27N3O/c1-5-11-22-14-18(16(4)21-22)13-20-12-17-7-9-19(10-8-17)23-15(3)6-2/h5,7-10,14-15,20H,1,6,11-13H2,2-4H3/t15-/m0/s1. The van der Waals surface area contributed by atoms with E-state index in [9.17, 15) is 0 Å². The first kappa shape index (κ1) is 17.3. The first-order valence-electron chi connectivity index (χ1n) is 8.22. The van der Waals surface area contributed by atoms with Crippen LogP contribution >= 0.6 is 0 Å². The summed E-state index contributed by atoms with van der Waals surface area (Å²) in [6.07, 6.45) is 5.20. The Bertz CT molecular complexity index is 616. The van der Waals surface area contributed by atoms with E-state index in [-0.39, 0.29) is 6.10 Å². The molecule has 1 atom stereocenters. The van der Waals surface area contributed by atoms with Gasteiger partial charge in [-0.2, -0.15) is 5.10 Å². The van der Waals surface area contributed by atoms with Crippen LogP contribution < -0.4 is 10.1 Å². The minimum absolute atomic E-state index is 0.258. The number of ether oxygens (including phenoxy) is 1. The van der Waals surface area contributed by atoms with Gasteiger partial charge in [0.25, 0.3) is 0 Å². The molecule has 0 unspecified atom stereocenters. The van der Waals surface area contributed by atoms with Crippen molar-refractivity contribution >= 4 is 0 Å². The van der Waals surface area contributed by atoms with Gasteiger partial charge in [-0.05, 0) is 38.0 Å². The third-order valence-electron chi connectivity index (χ3n) is 3.84. The number of benzene rings is 1. The molecule has 4 heteroatoms. The minimum atomic E-state index is 0.258. The van der Waals surface area contributed by atoms with Crippen molar-refractivity contribution in [3.8, 4) is 5.75 Å². The molecule has 0 aliphatic carbocycles. The lowest BCUT2D eigenvalue weighted by Gasteiger charge is -2.13. The normalized spacial score (nSPS) is 12.1. The first-order chi connectivity index (χ1) is 11.1. The predicted octanol–water partition coefficient (Wildman–Crippen LogP) is 3.84. The van der Waals surface area contributed by atoms with Crippen LogP contribution in [-0.4, -0.2) is 15.9 Å². The summed E-state index contributed by atoms with van der Waals surface area (Å²) in [6.45, 7) is 12.4. The van der Waals surface area contributed by atoms with Gasteiger partial charge in [0, 0.05) is 24.8 Å². The lowest BCUT2D eigenvalue weighted by Crippen LogP contribution is -2.13. The summed E-state index contributed by atoms with van der Waals surface area (Å²) in [5.41, 5.74) is 3.54. The van der Waals surface area contributed by atoms with Crippen molar-refractivity contribution in [1.82, 2.24) is 15.1 Å². The highest BCUT2D eigenvalue weighted by Crippen LogP contribution is 2.15. The molecule has 1 aromatic heterocycles. The SMILES string of the molecule is C=CCn1cc(CNCc2ccc(O[C@@H](C)CC)cc2)c(C)n1. The molecule has 1 aromatic carbocycles. The molecule has 2 aromatic rings. The highest BCUT2D eigenvalue weighted by molar-refractivity contribution is 5.27. The molecular weight excluding hydrogens is 286 g/mol. The van der Waals surface area contributed by atoms with Crippen LogP contribution in [0.4, 0.5) is 0 Å². The van der Waals surface area contributed by atoms with Crippen molar-refractivity contribution in [3.05, 3.63) is 59.9 Å². The fourth-order valence-electron chi connectivity index (χ4n) is 2.30. The maximum Gasteiger partial charge on any atom is 0.119 e.